The Bertz CT molecular complexity index is 517. The number of aliphatic hydroxyl groups is 1. The summed E-state index contributed by atoms with van der Waals surface area (Å²) in [6.45, 7) is 2.93. The van der Waals surface area contributed by atoms with E-state index in [1.165, 1.54) is 19.2 Å². The number of methoxy groups -OCH3 is 1. The second kappa shape index (κ2) is 7.44. The summed E-state index contributed by atoms with van der Waals surface area (Å²) in [5, 5.41) is 23.0. The van der Waals surface area contributed by atoms with Gasteiger partial charge in [-0.1, -0.05) is 6.07 Å². The average Bonchev–Trinajstić information content (AvgIpc) is 2.42. The number of para-hydroxylation sites is 1. The highest BCUT2D eigenvalue weighted by Crippen LogP contribution is 2.35. The minimum atomic E-state index is -1.09. The summed E-state index contributed by atoms with van der Waals surface area (Å²) in [5.74, 6) is -0.636. The minimum absolute atomic E-state index is 0.0719. The van der Waals surface area contributed by atoms with Crippen molar-refractivity contribution in [3.8, 4) is 5.75 Å². The Kier molecular flexibility index (Phi) is 5.92. The largest absolute Gasteiger partial charge is 0.484 e. The number of anilines is 1. The van der Waals surface area contributed by atoms with E-state index >= 15 is 0 Å². The Hall–Kier alpha value is -2.35. The predicted molar refractivity (Wildman–Crippen MR) is 75.4 cm³/mol. The molecule has 0 aliphatic heterocycles. The topological polar surface area (TPSA) is 111 Å². The van der Waals surface area contributed by atoms with E-state index in [2.05, 4.69) is 10.1 Å². The molecular weight excluding hydrogens is 280 g/mol. The van der Waals surface area contributed by atoms with Crippen molar-refractivity contribution >= 4 is 17.3 Å². The van der Waals surface area contributed by atoms with Crippen LogP contribution in [0, 0.1) is 10.1 Å². The molecule has 8 nitrogen and oxygen atoms in total. The lowest BCUT2D eigenvalue weighted by Gasteiger charge is -2.17. The summed E-state index contributed by atoms with van der Waals surface area (Å²) in [7, 11) is 1.17. The molecule has 0 radical (unpaired) electrons. The van der Waals surface area contributed by atoms with E-state index in [9.17, 15) is 14.9 Å². The van der Waals surface area contributed by atoms with Crippen LogP contribution < -0.4 is 10.1 Å². The second-order valence-electron chi connectivity index (χ2n) is 4.48. The van der Waals surface area contributed by atoms with E-state index in [-0.39, 0.29) is 23.2 Å². The third-order valence-corrected chi connectivity index (χ3v) is 2.54. The lowest BCUT2D eigenvalue weighted by Crippen LogP contribution is -2.34. The van der Waals surface area contributed by atoms with Gasteiger partial charge in [0.15, 0.2) is 5.75 Å². The number of nitrogens with one attached hydrogen (secondary N) is 1. The highest BCUT2D eigenvalue weighted by molar-refractivity contribution is 5.81. The third-order valence-electron chi connectivity index (χ3n) is 2.54. The minimum Gasteiger partial charge on any atom is -0.484 e. The number of rotatable bonds is 7. The molecule has 1 unspecified atom stereocenters. The Balaban J connectivity index is 3.16. The van der Waals surface area contributed by atoms with Crippen LogP contribution in [0.1, 0.15) is 13.8 Å². The molecule has 0 aromatic heterocycles. The SMILES string of the molecule is COC(=O)C(CO)Nc1cccc(OC(C)C)c1[N+](=O)[O-]. The van der Waals surface area contributed by atoms with Crippen molar-refractivity contribution in [2.75, 3.05) is 19.0 Å². The normalized spacial score (nSPS) is 11.9. The number of carbonyl (C=O) groups is 1. The number of hydrogen-bond donors (Lipinski definition) is 2. The van der Waals surface area contributed by atoms with Gasteiger partial charge in [-0.25, -0.2) is 4.79 Å². The fourth-order valence-corrected chi connectivity index (χ4v) is 1.69. The predicted octanol–water partition coefficient (Wildman–Crippen LogP) is 1.33. The van der Waals surface area contributed by atoms with Crippen LogP contribution in [0.25, 0.3) is 0 Å². The molecule has 0 fully saturated rings. The summed E-state index contributed by atoms with van der Waals surface area (Å²) in [4.78, 5) is 22.1. The lowest BCUT2D eigenvalue weighted by molar-refractivity contribution is -0.385. The molecule has 0 aliphatic rings. The van der Waals surface area contributed by atoms with Gasteiger partial charge in [0.1, 0.15) is 11.7 Å². The molecule has 0 heterocycles. The van der Waals surface area contributed by atoms with Crippen molar-refractivity contribution in [2.45, 2.75) is 26.0 Å². The number of esters is 1. The van der Waals surface area contributed by atoms with Crippen LogP contribution in [0.5, 0.6) is 5.75 Å². The summed E-state index contributed by atoms with van der Waals surface area (Å²) < 4.78 is 9.90. The van der Waals surface area contributed by atoms with Crippen LogP contribution >= 0.6 is 0 Å². The van der Waals surface area contributed by atoms with Crippen molar-refractivity contribution in [1.29, 1.82) is 0 Å². The van der Waals surface area contributed by atoms with Crippen molar-refractivity contribution < 1.29 is 24.3 Å². The molecule has 0 bridgehead atoms. The first kappa shape index (κ1) is 16.7. The van der Waals surface area contributed by atoms with Gasteiger partial charge >= 0.3 is 11.7 Å². The monoisotopic (exact) mass is 298 g/mol. The molecule has 0 amide bonds. The second-order valence-corrected chi connectivity index (χ2v) is 4.48. The first-order valence-corrected chi connectivity index (χ1v) is 6.30. The number of carbonyl (C=O) groups excluding carboxylic acids is 1. The zero-order valence-electron chi connectivity index (χ0n) is 12.0. The summed E-state index contributed by atoms with van der Waals surface area (Å²) in [6.07, 6.45) is -0.242. The molecule has 0 spiro atoms. The molecule has 8 heteroatoms. The zero-order chi connectivity index (χ0) is 16.0. The van der Waals surface area contributed by atoms with Gasteiger partial charge in [0.05, 0.1) is 24.7 Å². The van der Waals surface area contributed by atoms with Crippen molar-refractivity contribution in [2.24, 2.45) is 0 Å². The van der Waals surface area contributed by atoms with Gasteiger partial charge in [-0.15, -0.1) is 0 Å². The summed E-state index contributed by atoms with van der Waals surface area (Å²) >= 11 is 0. The zero-order valence-corrected chi connectivity index (χ0v) is 12.0. The molecule has 1 rings (SSSR count). The number of aliphatic hydroxyl groups excluding tert-OH is 1. The van der Waals surface area contributed by atoms with Gasteiger partial charge < -0.3 is 19.9 Å². The molecule has 1 aromatic carbocycles. The Morgan fingerprint density at radius 1 is 1.48 bits per heavy atom. The lowest BCUT2D eigenvalue weighted by atomic mass is 10.2. The molecule has 0 saturated carbocycles. The molecule has 116 valence electrons. The fraction of sp³-hybridized carbons (Fsp3) is 0.462. The maximum absolute atomic E-state index is 11.4. The molecule has 21 heavy (non-hydrogen) atoms. The average molecular weight is 298 g/mol. The van der Waals surface area contributed by atoms with Gasteiger partial charge in [-0.2, -0.15) is 0 Å². The van der Waals surface area contributed by atoms with E-state index in [1.54, 1.807) is 19.9 Å². The van der Waals surface area contributed by atoms with E-state index in [1.807, 2.05) is 0 Å². The summed E-state index contributed by atoms with van der Waals surface area (Å²) in [5.41, 5.74) is -0.226. The molecule has 0 aliphatic carbocycles. The number of benzene rings is 1. The van der Waals surface area contributed by atoms with Crippen LogP contribution in [0.4, 0.5) is 11.4 Å². The van der Waals surface area contributed by atoms with E-state index < -0.39 is 23.5 Å². The fourth-order valence-electron chi connectivity index (χ4n) is 1.69. The van der Waals surface area contributed by atoms with Gasteiger partial charge in [-0.05, 0) is 26.0 Å². The number of hydrogen-bond acceptors (Lipinski definition) is 7. The Morgan fingerprint density at radius 3 is 2.62 bits per heavy atom. The number of nitro benzene ring substituents is 1. The van der Waals surface area contributed by atoms with E-state index in [0.29, 0.717) is 0 Å². The Morgan fingerprint density at radius 2 is 2.14 bits per heavy atom. The standard InChI is InChI=1S/C13H18N2O6/c1-8(2)21-11-6-4-5-9(12(11)15(18)19)14-10(7-16)13(17)20-3/h4-6,8,10,14,16H,7H2,1-3H3. The van der Waals surface area contributed by atoms with E-state index in [0.717, 1.165) is 0 Å². The van der Waals surface area contributed by atoms with Gasteiger partial charge in [0.25, 0.3) is 0 Å². The smallest absolute Gasteiger partial charge is 0.333 e. The van der Waals surface area contributed by atoms with Gasteiger partial charge in [0.2, 0.25) is 0 Å². The van der Waals surface area contributed by atoms with Crippen molar-refractivity contribution in [1.82, 2.24) is 0 Å². The molecule has 1 aromatic rings. The molecular formula is C13H18N2O6. The molecule has 0 saturated heterocycles. The number of nitro groups is 1. The first-order valence-electron chi connectivity index (χ1n) is 6.30. The van der Waals surface area contributed by atoms with Crippen LogP contribution in [0.2, 0.25) is 0 Å². The van der Waals surface area contributed by atoms with Crippen LogP contribution in [0.15, 0.2) is 18.2 Å². The summed E-state index contributed by atoms with van der Waals surface area (Å²) in [6, 6.07) is 3.36. The third kappa shape index (κ3) is 4.32. The van der Waals surface area contributed by atoms with Crippen LogP contribution in [-0.2, 0) is 9.53 Å². The Labute approximate surface area is 121 Å². The number of nitrogens with zero attached hydrogens (tertiary/aromatic N) is 1. The first-order chi connectivity index (χ1) is 9.90. The molecule has 1 atom stereocenters. The maximum Gasteiger partial charge on any atom is 0.333 e. The highest BCUT2D eigenvalue weighted by atomic mass is 16.6. The molecule has 2 N–H and O–H groups in total. The van der Waals surface area contributed by atoms with Crippen molar-refractivity contribution in [3.63, 3.8) is 0 Å². The van der Waals surface area contributed by atoms with Gasteiger partial charge in [0, 0.05) is 0 Å². The maximum atomic E-state index is 11.4. The van der Waals surface area contributed by atoms with Crippen LogP contribution in [-0.4, -0.2) is 41.9 Å². The quantitative estimate of drug-likeness (QED) is 0.443. The van der Waals surface area contributed by atoms with Crippen LogP contribution in [0.3, 0.4) is 0 Å². The highest BCUT2D eigenvalue weighted by Gasteiger charge is 2.26. The number of ether oxygens (including phenoxy) is 2. The van der Waals surface area contributed by atoms with Crippen molar-refractivity contribution in [3.05, 3.63) is 28.3 Å². The van der Waals surface area contributed by atoms with E-state index in [4.69, 9.17) is 9.84 Å². The van der Waals surface area contributed by atoms with Gasteiger partial charge in [-0.3, -0.25) is 10.1 Å².